The second-order valence-electron chi connectivity index (χ2n) is 26.3. The number of carbonyl (C=O) groups excluding carboxylic acids is 13. The lowest BCUT2D eigenvalue weighted by Gasteiger charge is -2.28. The van der Waals surface area contributed by atoms with Gasteiger partial charge in [-0.3, -0.25) is 71.9 Å². The maximum Gasteiger partial charge on any atom is 0.328 e. The van der Waals surface area contributed by atoms with Crippen LogP contribution in [-0.2, 0) is 89.6 Å². The average Bonchev–Trinajstić information content (AvgIpc) is 1.69. The van der Waals surface area contributed by atoms with Crippen LogP contribution in [0, 0.1) is 11.8 Å². The number of nitrogens with one attached hydrogen (secondary N) is 15. The molecule has 105 heavy (non-hydrogen) atoms. The number of amides is 13. The number of aromatic amines is 2. The van der Waals surface area contributed by atoms with Crippen molar-refractivity contribution in [3.05, 3.63) is 84.2 Å². The van der Waals surface area contributed by atoms with E-state index in [0.717, 1.165) is 35.4 Å². The van der Waals surface area contributed by atoms with Crippen molar-refractivity contribution in [2.45, 2.75) is 186 Å². The second kappa shape index (κ2) is 40.5. The van der Waals surface area contributed by atoms with Crippen LogP contribution in [-0.4, -0.2) is 222 Å². The molecule has 0 saturated carbocycles. The first-order chi connectivity index (χ1) is 49.4. The largest absolute Gasteiger partial charge is 0.481 e. The maximum atomic E-state index is 15.0. The van der Waals surface area contributed by atoms with E-state index in [4.69, 9.17) is 0 Å². The molecule has 13 atom stereocenters. The van der Waals surface area contributed by atoms with Gasteiger partial charge in [0.25, 0.3) is 0 Å². The minimum atomic E-state index is -1.97. The molecule has 2 aromatic carbocycles. The van der Waals surface area contributed by atoms with Crippen molar-refractivity contribution in [2.75, 3.05) is 18.1 Å². The minimum absolute atomic E-state index is 0.0199. The third kappa shape index (κ3) is 26.9. The first kappa shape index (κ1) is 85.1. The van der Waals surface area contributed by atoms with Crippen LogP contribution >= 0.6 is 21.6 Å². The number of aliphatic hydroxyl groups excluding tert-OH is 1. The average molecular weight is 1500 g/mol. The number of rotatable bonds is 21. The first-order valence-corrected chi connectivity index (χ1v) is 36.1. The molecular weight excluding hydrogens is 1410 g/mol. The van der Waals surface area contributed by atoms with Gasteiger partial charge in [0.05, 0.1) is 19.1 Å². The SMILES string of the molecule is C=C(C)[C@@H]1NC(=O)[C@H](CC(C)C)NC(=O)[C@H](CCC(=O)O)NC(=O)CNC(=O)[C@H](CC(C)C)NC(=O)[C@H](C)NC(=O)[C@H](Cc2c[nH]c3ccccc23)NC(=O)[C@H](C)NC(=O)[C@@H](NC(=O)[C@H](CC(=O)O)NC(C)=O)CSSC[C@@H](C(=O)N[C@H](C(=O)O)[C@@H](C)O)NC(=O)[C@H](Cc2c[nH]c3ccccc23)NC1=O. The topological polar surface area (TPSA) is 542 Å². The fourth-order valence-corrected chi connectivity index (χ4v) is 13.2. The number of fused-ring (bicyclic) bond motifs is 2. The first-order valence-electron chi connectivity index (χ1n) is 33.6. The van der Waals surface area contributed by atoms with Gasteiger partial charge in [-0.2, -0.15) is 0 Å². The van der Waals surface area contributed by atoms with Gasteiger partial charge in [-0.25, -0.2) is 4.79 Å². The highest BCUT2D eigenvalue weighted by Crippen LogP contribution is 2.25. The Morgan fingerprint density at radius 2 is 1.03 bits per heavy atom. The van der Waals surface area contributed by atoms with Crippen LogP contribution in [0.25, 0.3) is 21.8 Å². The van der Waals surface area contributed by atoms with E-state index in [-0.39, 0.29) is 43.1 Å². The highest BCUT2D eigenvalue weighted by atomic mass is 33.1. The molecule has 37 heteroatoms. The number of carboxylic acids is 3. The normalized spacial score (nSPS) is 23.3. The van der Waals surface area contributed by atoms with Crippen LogP contribution in [0.15, 0.2) is 73.1 Å². The van der Waals surface area contributed by atoms with Crippen molar-refractivity contribution < 1.29 is 97.1 Å². The smallest absolute Gasteiger partial charge is 0.328 e. The highest BCUT2D eigenvalue weighted by molar-refractivity contribution is 8.76. The molecule has 5 rings (SSSR count). The number of para-hydroxylation sites is 2. The lowest BCUT2D eigenvalue weighted by atomic mass is 10.00. The van der Waals surface area contributed by atoms with E-state index in [2.05, 4.69) is 85.7 Å². The molecule has 0 bridgehead atoms. The summed E-state index contributed by atoms with van der Waals surface area (Å²) in [4.78, 5) is 226. The Balaban J connectivity index is 1.63. The quantitative estimate of drug-likeness (QED) is 0.0326. The van der Waals surface area contributed by atoms with Crippen LogP contribution in [0.4, 0.5) is 0 Å². The number of carboxylic acid groups (broad SMARTS) is 3. The molecule has 13 amide bonds. The summed E-state index contributed by atoms with van der Waals surface area (Å²) >= 11 is 0. The van der Waals surface area contributed by atoms with Crippen molar-refractivity contribution in [3.8, 4) is 0 Å². The molecule has 0 unspecified atom stereocenters. The molecule has 0 radical (unpaired) electrons. The standard InChI is InChI=1S/C68H93N15O20S2/c1-31(2)21-45-59(93)71-28-52(86)75-44(19-20-53(87)88)60(94)78-46(22-32(3)4)64(98)82-55(33(5)6)67(101)79-48(24-39-27-70-43-18-14-12-16-41(39)43)62(96)81-51(66(100)83-56(36(9)84)68(102)103)30-105-104-29-50(80-63(97)49(25-54(89)90)74-37(10)85)65(99)73-35(8)58(92)77-47(61(95)72-34(7)57(91)76-45)23-38-26-69-42-17-13-11-15-40(38)42/h11-18,26-27,31-32,34-36,44-51,55-56,69-70,84H,5,19-25,28-30H2,1-4,6-10H3,(H,71,93)(H,72,95)(H,73,99)(H,74,85)(H,75,86)(H,76,91)(H,77,92)(H,78,94)(H,79,101)(H,80,97)(H,81,96)(H,82,98)(H,83,100)(H,87,88)(H,89,90)(H,102,103)/t34-,35-,36+,44-,45-,46-,47-,48-,49-,50-,51-,55-,56-/m0/s1. The van der Waals surface area contributed by atoms with E-state index in [1.165, 1.54) is 20.8 Å². The number of hydrogen-bond donors (Lipinski definition) is 19. The van der Waals surface area contributed by atoms with Crippen LogP contribution in [0.3, 0.4) is 0 Å². The zero-order chi connectivity index (χ0) is 78.1. The lowest BCUT2D eigenvalue weighted by molar-refractivity contribution is -0.145. The summed E-state index contributed by atoms with van der Waals surface area (Å²) in [5, 5.41) is 73.0. The second-order valence-corrected chi connectivity index (χ2v) is 28.8. The Kier molecular flexibility index (Phi) is 32.8. The van der Waals surface area contributed by atoms with Gasteiger partial charge in [-0.15, -0.1) is 0 Å². The number of hydrogen-bond acceptors (Lipinski definition) is 19. The van der Waals surface area contributed by atoms with Crippen molar-refractivity contribution in [1.82, 2.24) is 79.1 Å². The molecule has 35 nitrogen and oxygen atoms in total. The molecular formula is C68H93N15O20S2. The summed E-state index contributed by atoms with van der Waals surface area (Å²) in [5.41, 5.74) is 2.16. The molecule has 3 heterocycles. The molecule has 0 aliphatic carbocycles. The number of H-pyrrole nitrogens is 2. The van der Waals surface area contributed by atoms with E-state index >= 15 is 0 Å². The number of aliphatic carboxylic acids is 3. The summed E-state index contributed by atoms with van der Waals surface area (Å²) < 4.78 is 0. The molecule has 19 N–H and O–H groups in total. The number of aliphatic hydroxyl groups is 1. The zero-order valence-corrected chi connectivity index (χ0v) is 61.0. The summed E-state index contributed by atoms with van der Waals surface area (Å²) in [6.45, 7) is 15.8. The highest BCUT2D eigenvalue weighted by Gasteiger charge is 2.38. The van der Waals surface area contributed by atoms with Crippen LogP contribution in [0.1, 0.15) is 106 Å². The van der Waals surface area contributed by atoms with Gasteiger partial charge in [0, 0.05) is 71.9 Å². The number of aromatic nitrogens is 2. The molecule has 1 aliphatic rings. The fourth-order valence-electron chi connectivity index (χ4n) is 10.9. The van der Waals surface area contributed by atoms with Gasteiger partial charge in [0.15, 0.2) is 6.04 Å². The molecule has 572 valence electrons. The predicted octanol–water partition coefficient (Wildman–Crippen LogP) is -1.70. The number of benzene rings is 2. The van der Waals surface area contributed by atoms with Crippen LogP contribution in [0.5, 0.6) is 0 Å². The fraction of sp³-hybridized carbons (Fsp3) is 0.500. The van der Waals surface area contributed by atoms with Crippen LogP contribution in [0.2, 0.25) is 0 Å². The maximum absolute atomic E-state index is 15.0. The Morgan fingerprint density at radius 3 is 1.53 bits per heavy atom. The lowest BCUT2D eigenvalue weighted by Crippen LogP contribution is -2.61. The monoisotopic (exact) mass is 1500 g/mol. The summed E-state index contributed by atoms with van der Waals surface area (Å²) in [7, 11) is 1.47. The summed E-state index contributed by atoms with van der Waals surface area (Å²) in [5.74, 6) is -19.7. The van der Waals surface area contributed by atoms with E-state index < -0.39 is 211 Å². The van der Waals surface area contributed by atoms with Crippen molar-refractivity contribution in [2.24, 2.45) is 11.8 Å². The van der Waals surface area contributed by atoms with Crippen LogP contribution < -0.4 is 69.1 Å². The summed E-state index contributed by atoms with van der Waals surface area (Å²) in [6, 6.07) is -6.01. The molecule has 2 aromatic heterocycles. The molecule has 1 fully saturated rings. The van der Waals surface area contributed by atoms with E-state index in [1.807, 2.05) is 0 Å². The van der Waals surface area contributed by atoms with Crippen molar-refractivity contribution >= 4 is 138 Å². The van der Waals surface area contributed by atoms with Gasteiger partial charge < -0.3 is 99.5 Å². The molecule has 0 spiro atoms. The molecule has 1 aliphatic heterocycles. The van der Waals surface area contributed by atoms with Gasteiger partial charge >= 0.3 is 17.9 Å². The Morgan fingerprint density at radius 1 is 0.552 bits per heavy atom. The summed E-state index contributed by atoms with van der Waals surface area (Å²) in [6.07, 6.45) is -1.53. The van der Waals surface area contributed by atoms with Crippen molar-refractivity contribution in [1.29, 1.82) is 0 Å². The minimum Gasteiger partial charge on any atom is -0.481 e. The predicted molar refractivity (Wildman–Crippen MR) is 384 cm³/mol. The Hall–Kier alpha value is -10.6. The molecule has 1 saturated heterocycles. The third-order valence-electron chi connectivity index (χ3n) is 16.3. The third-order valence-corrected chi connectivity index (χ3v) is 18.8. The Bertz CT molecular complexity index is 3860. The van der Waals surface area contributed by atoms with Gasteiger partial charge in [-0.1, -0.05) is 92.3 Å². The van der Waals surface area contributed by atoms with Crippen molar-refractivity contribution in [3.63, 3.8) is 0 Å². The zero-order valence-electron chi connectivity index (χ0n) is 59.3. The van der Waals surface area contributed by atoms with Gasteiger partial charge in [0.1, 0.15) is 66.5 Å². The number of carbonyl (C=O) groups is 16. The Labute approximate surface area is 611 Å². The van der Waals surface area contributed by atoms with Gasteiger partial charge in [0.2, 0.25) is 76.8 Å². The van der Waals surface area contributed by atoms with E-state index in [9.17, 15) is 97.1 Å². The van der Waals surface area contributed by atoms with E-state index in [0.29, 0.717) is 32.9 Å². The molecule has 4 aromatic rings. The van der Waals surface area contributed by atoms with E-state index in [1.54, 1.807) is 88.6 Å². The van der Waals surface area contributed by atoms with Gasteiger partial charge in [-0.05, 0) is 87.6 Å².